The van der Waals surface area contributed by atoms with Crippen molar-refractivity contribution in [2.75, 3.05) is 13.1 Å². The van der Waals surface area contributed by atoms with Crippen LogP contribution in [0.2, 0.25) is 0 Å². The van der Waals surface area contributed by atoms with Gasteiger partial charge in [-0.25, -0.2) is 4.99 Å². The Morgan fingerprint density at radius 2 is 1.94 bits per heavy atom. The minimum Gasteiger partial charge on any atom is -0.504 e. The van der Waals surface area contributed by atoms with Gasteiger partial charge >= 0.3 is 0 Å². The van der Waals surface area contributed by atoms with E-state index in [4.69, 9.17) is 5.73 Å². The van der Waals surface area contributed by atoms with E-state index >= 15 is 0 Å². The highest BCUT2D eigenvalue weighted by atomic mass is 35.5. The number of likely N-dealkylation sites (tertiary alicyclic amines) is 1. The Labute approximate surface area is 108 Å². The average molecular weight is 266 g/mol. The first kappa shape index (κ1) is 15.1. The lowest BCUT2D eigenvalue weighted by molar-refractivity contribution is 0.401. The van der Waals surface area contributed by atoms with E-state index in [9.17, 15) is 5.11 Å². The molecule has 1 saturated heterocycles. The highest BCUT2D eigenvalue weighted by Gasteiger charge is 2.14. The summed E-state index contributed by atoms with van der Waals surface area (Å²) in [6, 6.07) is 0. The fourth-order valence-electron chi connectivity index (χ4n) is 1.77. The molecule has 2 aliphatic rings. The van der Waals surface area contributed by atoms with Gasteiger partial charge in [0.1, 0.15) is 0 Å². The van der Waals surface area contributed by atoms with Crippen LogP contribution < -0.4 is 5.73 Å². The van der Waals surface area contributed by atoms with E-state index in [0.29, 0.717) is 6.42 Å². The van der Waals surface area contributed by atoms with Crippen LogP contribution in [0.1, 0.15) is 19.3 Å². The van der Waals surface area contributed by atoms with Crippen molar-refractivity contribution in [3.8, 4) is 0 Å². The van der Waals surface area contributed by atoms with Crippen LogP contribution in [0, 0.1) is 0 Å². The number of rotatable bonds is 1. The minimum absolute atomic E-state index is 0. The van der Waals surface area contributed by atoms with Crippen molar-refractivity contribution in [3.05, 3.63) is 23.4 Å². The second-order valence-electron chi connectivity index (χ2n) is 3.65. The van der Waals surface area contributed by atoms with Gasteiger partial charge in [0.05, 0.1) is 0 Å². The third-order valence-corrected chi connectivity index (χ3v) is 2.57. The standard InChI is InChI=1S/C10H15N3O.2ClH/c11-10-9(14)8(3-4-12-10)7-13-5-1-2-6-13;;/h4,7,14H,1-3,5-6,11H2;2*1H. The molecule has 0 aliphatic carbocycles. The third-order valence-electron chi connectivity index (χ3n) is 2.57. The van der Waals surface area contributed by atoms with Crippen molar-refractivity contribution < 1.29 is 5.11 Å². The molecular formula is C10H17Cl2N3O. The molecule has 0 aromatic carbocycles. The number of hydrogen-bond acceptors (Lipinski definition) is 4. The van der Waals surface area contributed by atoms with Crippen LogP contribution in [0.4, 0.5) is 0 Å². The molecule has 0 aromatic rings. The maximum atomic E-state index is 9.64. The van der Waals surface area contributed by atoms with Gasteiger partial charge in [0.25, 0.3) is 0 Å². The summed E-state index contributed by atoms with van der Waals surface area (Å²) in [4.78, 5) is 6.08. The predicted octanol–water partition coefficient (Wildman–Crippen LogP) is 1.97. The molecule has 2 rings (SSSR count). The summed E-state index contributed by atoms with van der Waals surface area (Å²) in [7, 11) is 0. The molecule has 3 N–H and O–H groups in total. The van der Waals surface area contributed by atoms with Crippen molar-refractivity contribution in [3.63, 3.8) is 0 Å². The molecule has 0 saturated carbocycles. The molecule has 0 unspecified atom stereocenters. The molecule has 2 aliphatic heterocycles. The van der Waals surface area contributed by atoms with Crippen molar-refractivity contribution in [1.29, 1.82) is 0 Å². The molecule has 16 heavy (non-hydrogen) atoms. The lowest BCUT2D eigenvalue weighted by Gasteiger charge is -2.16. The Morgan fingerprint density at radius 1 is 1.31 bits per heavy atom. The fraction of sp³-hybridized carbons (Fsp3) is 0.500. The second kappa shape index (κ2) is 6.66. The summed E-state index contributed by atoms with van der Waals surface area (Å²) < 4.78 is 0. The van der Waals surface area contributed by atoms with Gasteiger partial charge in [-0.3, -0.25) is 0 Å². The summed E-state index contributed by atoms with van der Waals surface area (Å²) in [5.41, 5.74) is 6.39. The maximum absolute atomic E-state index is 9.64. The van der Waals surface area contributed by atoms with E-state index < -0.39 is 0 Å². The van der Waals surface area contributed by atoms with Crippen LogP contribution in [0.3, 0.4) is 0 Å². The van der Waals surface area contributed by atoms with Gasteiger partial charge in [-0.1, -0.05) is 0 Å². The number of halogens is 2. The summed E-state index contributed by atoms with van der Waals surface area (Å²) in [5, 5.41) is 9.64. The minimum atomic E-state index is 0. The largest absolute Gasteiger partial charge is 0.504 e. The van der Waals surface area contributed by atoms with Crippen LogP contribution in [0.15, 0.2) is 28.3 Å². The van der Waals surface area contributed by atoms with Gasteiger partial charge in [-0.05, 0) is 12.8 Å². The molecule has 0 radical (unpaired) electrons. The second-order valence-corrected chi connectivity index (χ2v) is 3.65. The molecule has 0 spiro atoms. The highest BCUT2D eigenvalue weighted by molar-refractivity contribution is 5.85. The van der Waals surface area contributed by atoms with E-state index in [1.807, 2.05) is 6.20 Å². The zero-order valence-corrected chi connectivity index (χ0v) is 10.6. The predicted molar refractivity (Wildman–Crippen MR) is 70.3 cm³/mol. The van der Waals surface area contributed by atoms with Gasteiger partial charge in [0.2, 0.25) is 0 Å². The molecule has 0 atom stereocenters. The maximum Gasteiger partial charge on any atom is 0.165 e. The van der Waals surface area contributed by atoms with E-state index in [1.54, 1.807) is 6.21 Å². The molecule has 0 bridgehead atoms. The number of allylic oxidation sites excluding steroid dienone is 1. The topological polar surface area (TPSA) is 61.9 Å². The monoisotopic (exact) mass is 265 g/mol. The molecule has 92 valence electrons. The molecule has 2 heterocycles. The molecule has 0 amide bonds. The zero-order chi connectivity index (χ0) is 9.97. The zero-order valence-electron chi connectivity index (χ0n) is 8.93. The molecular weight excluding hydrogens is 249 g/mol. The Bertz CT molecular complexity index is 320. The van der Waals surface area contributed by atoms with Crippen LogP contribution >= 0.6 is 24.8 Å². The van der Waals surface area contributed by atoms with Crippen molar-refractivity contribution >= 4 is 31.0 Å². The Balaban J connectivity index is 0.00000112. The summed E-state index contributed by atoms with van der Waals surface area (Å²) in [5.74, 6) is 0.362. The van der Waals surface area contributed by atoms with E-state index in [2.05, 4.69) is 9.89 Å². The quantitative estimate of drug-likeness (QED) is 0.762. The highest BCUT2D eigenvalue weighted by Crippen LogP contribution is 2.19. The summed E-state index contributed by atoms with van der Waals surface area (Å²) >= 11 is 0. The van der Waals surface area contributed by atoms with Gasteiger partial charge in [0.15, 0.2) is 11.6 Å². The Kier molecular flexibility index (Phi) is 6.29. The normalized spacial score (nSPS) is 22.0. The first-order chi connectivity index (χ1) is 6.77. The summed E-state index contributed by atoms with van der Waals surface area (Å²) in [6.45, 7) is 2.15. The number of hydrogen-bond donors (Lipinski definition) is 2. The molecule has 4 nitrogen and oxygen atoms in total. The van der Waals surface area contributed by atoms with Gasteiger partial charge in [-0.15, -0.1) is 24.8 Å². The number of aliphatic hydroxyl groups excluding tert-OH is 1. The van der Waals surface area contributed by atoms with Crippen molar-refractivity contribution in [1.82, 2.24) is 4.90 Å². The lowest BCUT2D eigenvalue weighted by Crippen LogP contribution is -2.15. The molecule has 0 aromatic heterocycles. The van der Waals surface area contributed by atoms with Gasteiger partial charge in [0, 0.05) is 37.5 Å². The van der Waals surface area contributed by atoms with Crippen LogP contribution in [0.25, 0.3) is 0 Å². The van der Waals surface area contributed by atoms with E-state index in [1.165, 1.54) is 12.8 Å². The first-order valence-electron chi connectivity index (χ1n) is 4.94. The Hall–Kier alpha value is -0.870. The summed E-state index contributed by atoms with van der Waals surface area (Å²) in [6.07, 6.45) is 6.87. The Morgan fingerprint density at radius 3 is 2.56 bits per heavy atom. The van der Waals surface area contributed by atoms with E-state index in [-0.39, 0.29) is 36.4 Å². The number of nitrogens with zero attached hydrogens (tertiary/aromatic N) is 2. The van der Waals surface area contributed by atoms with Crippen LogP contribution in [-0.4, -0.2) is 29.3 Å². The molecule has 6 heteroatoms. The van der Waals surface area contributed by atoms with E-state index in [0.717, 1.165) is 18.7 Å². The van der Waals surface area contributed by atoms with Crippen molar-refractivity contribution in [2.45, 2.75) is 19.3 Å². The van der Waals surface area contributed by atoms with Crippen molar-refractivity contribution in [2.24, 2.45) is 10.7 Å². The number of aliphatic imine (C=N–C) groups is 1. The number of aliphatic hydroxyl groups is 1. The smallest absolute Gasteiger partial charge is 0.165 e. The van der Waals surface area contributed by atoms with Gasteiger partial charge < -0.3 is 15.7 Å². The van der Waals surface area contributed by atoms with Crippen LogP contribution in [-0.2, 0) is 0 Å². The average Bonchev–Trinajstić information content (AvgIpc) is 2.66. The lowest BCUT2D eigenvalue weighted by atomic mass is 10.1. The van der Waals surface area contributed by atoms with Gasteiger partial charge in [-0.2, -0.15) is 0 Å². The SMILES string of the molecule is Cl.Cl.NC1=C(O)C(=CN2CCCC2)CC=N1. The fourth-order valence-corrected chi connectivity index (χ4v) is 1.77. The van der Waals surface area contributed by atoms with Crippen LogP contribution in [0.5, 0.6) is 0 Å². The number of nitrogens with two attached hydrogens (primary N) is 1. The third kappa shape index (κ3) is 3.32. The molecule has 1 fully saturated rings. The first-order valence-corrected chi connectivity index (χ1v) is 4.94.